The molecule has 1 aromatic rings. The van der Waals surface area contributed by atoms with Gasteiger partial charge in [-0.3, -0.25) is 0 Å². The van der Waals surface area contributed by atoms with Crippen LogP contribution in [0.3, 0.4) is 0 Å². The average Bonchev–Trinajstić information content (AvgIpc) is 2.34. The van der Waals surface area contributed by atoms with E-state index in [4.69, 9.17) is 9.47 Å². The molecule has 0 saturated carbocycles. The van der Waals surface area contributed by atoms with Crippen molar-refractivity contribution in [2.75, 3.05) is 25.6 Å². The van der Waals surface area contributed by atoms with Crippen molar-refractivity contribution in [2.24, 2.45) is 0 Å². The molecule has 108 valence electrons. The number of ether oxygens (including phenoxy) is 2. The maximum atomic E-state index is 13.5. The number of hydrogen-bond acceptors (Lipinski definition) is 4. The number of methoxy groups -OCH3 is 1. The lowest BCUT2D eigenvalue weighted by atomic mass is 10.2. The Labute approximate surface area is 113 Å². The third-order valence-electron chi connectivity index (χ3n) is 2.41. The van der Waals surface area contributed by atoms with Crippen LogP contribution in [0.25, 0.3) is 0 Å². The van der Waals surface area contributed by atoms with E-state index >= 15 is 0 Å². The first-order valence-corrected chi connectivity index (χ1v) is 6.21. The summed E-state index contributed by atoms with van der Waals surface area (Å²) in [6.07, 6.45) is -0.704. The van der Waals surface area contributed by atoms with Gasteiger partial charge in [0.25, 0.3) is 0 Å². The van der Waals surface area contributed by atoms with E-state index < -0.39 is 6.10 Å². The van der Waals surface area contributed by atoms with Gasteiger partial charge >= 0.3 is 0 Å². The molecule has 0 bridgehead atoms. The summed E-state index contributed by atoms with van der Waals surface area (Å²) >= 11 is 0. The molecule has 0 fully saturated rings. The van der Waals surface area contributed by atoms with Crippen LogP contribution >= 0.6 is 0 Å². The Hall–Kier alpha value is -1.33. The standard InChI is InChI=1S/C14H22FNO3/c1-14(2,3)19-9-10(17)8-16-13-7-11(18-4)5-6-12(13)15/h5-7,10,16-17H,8-9H2,1-4H3. The minimum Gasteiger partial charge on any atom is -0.497 e. The summed E-state index contributed by atoms with van der Waals surface area (Å²) in [6, 6.07) is 4.41. The molecule has 0 aliphatic carbocycles. The van der Waals surface area contributed by atoms with Crippen LogP contribution in [-0.4, -0.2) is 37.1 Å². The van der Waals surface area contributed by atoms with Gasteiger partial charge in [-0.1, -0.05) is 0 Å². The van der Waals surface area contributed by atoms with E-state index in [9.17, 15) is 9.50 Å². The summed E-state index contributed by atoms with van der Waals surface area (Å²) in [5.74, 6) is 0.175. The first-order valence-electron chi connectivity index (χ1n) is 6.21. The third kappa shape index (κ3) is 5.89. The quantitative estimate of drug-likeness (QED) is 0.834. The summed E-state index contributed by atoms with van der Waals surface area (Å²) in [5, 5.41) is 12.6. The number of halogens is 1. The molecular formula is C14H22FNO3. The Kier molecular flexibility index (Phi) is 5.57. The van der Waals surface area contributed by atoms with Crippen molar-refractivity contribution < 1.29 is 19.0 Å². The number of aliphatic hydroxyl groups is 1. The van der Waals surface area contributed by atoms with Crippen molar-refractivity contribution in [1.29, 1.82) is 0 Å². The van der Waals surface area contributed by atoms with E-state index in [1.165, 1.54) is 13.2 Å². The molecule has 0 heterocycles. The summed E-state index contributed by atoms with van der Waals surface area (Å²) in [4.78, 5) is 0. The van der Waals surface area contributed by atoms with E-state index in [1.54, 1.807) is 12.1 Å². The molecular weight excluding hydrogens is 249 g/mol. The normalized spacial score (nSPS) is 13.2. The summed E-state index contributed by atoms with van der Waals surface area (Å²) in [6.45, 7) is 6.14. The average molecular weight is 271 g/mol. The van der Waals surface area contributed by atoms with Crippen molar-refractivity contribution >= 4 is 5.69 Å². The lowest BCUT2D eigenvalue weighted by molar-refractivity contribution is -0.0449. The smallest absolute Gasteiger partial charge is 0.146 e. The van der Waals surface area contributed by atoms with Gasteiger partial charge in [-0.25, -0.2) is 4.39 Å². The van der Waals surface area contributed by atoms with Crippen molar-refractivity contribution in [1.82, 2.24) is 0 Å². The molecule has 0 aliphatic heterocycles. The molecule has 0 spiro atoms. The fourth-order valence-electron chi connectivity index (χ4n) is 1.40. The maximum absolute atomic E-state index is 13.5. The molecule has 4 nitrogen and oxygen atoms in total. The Morgan fingerprint density at radius 1 is 1.37 bits per heavy atom. The predicted molar refractivity (Wildman–Crippen MR) is 73.2 cm³/mol. The third-order valence-corrected chi connectivity index (χ3v) is 2.41. The number of aliphatic hydroxyl groups excluding tert-OH is 1. The van der Waals surface area contributed by atoms with Crippen LogP contribution < -0.4 is 10.1 Å². The lowest BCUT2D eigenvalue weighted by Crippen LogP contribution is -2.30. The van der Waals surface area contributed by atoms with Crippen molar-refractivity contribution in [3.05, 3.63) is 24.0 Å². The molecule has 0 aliphatic rings. The number of rotatable bonds is 6. The second kappa shape index (κ2) is 6.73. The first kappa shape index (κ1) is 15.7. The zero-order valence-corrected chi connectivity index (χ0v) is 11.9. The molecule has 0 amide bonds. The van der Waals surface area contributed by atoms with Gasteiger partial charge in [0, 0.05) is 12.6 Å². The van der Waals surface area contributed by atoms with Gasteiger partial charge in [-0.15, -0.1) is 0 Å². The fraction of sp³-hybridized carbons (Fsp3) is 0.571. The monoisotopic (exact) mass is 271 g/mol. The second-order valence-electron chi connectivity index (χ2n) is 5.30. The van der Waals surface area contributed by atoms with E-state index in [0.717, 1.165) is 0 Å². The molecule has 1 atom stereocenters. The summed E-state index contributed by atoms with van der Waals surface area (Å²) in [7, 11) is 1.52. The van der Waals surface area contributed by atoms with Gasteiger partial charge in [0.05, 0.1) is 31.1 Å². The molecule has 0 aromatic heterocycles. The van der Waals surface area contributed by atoms with Crippen molar-refractivity contribution in [3.63, 3.8) is 0 Å². The minimum atomic E-state index is -0.704. The zero-order valence-electron chi connectivity index (χ0n) is 11.9. The highest BCUT2D eigenvalue weighted by atomic mass is 19.1. The zero-order chi connectivity index (χ0) is 14.5. The molecule has 19 heavy (non-hydrogen) atoms. The highest BCUT2D eigenvalue weighted by Gasteiger charge is 2.14. The summed E-state index contributed by atoms with van der Waals surface area (Å²) < 4.78 is 24.0. The van der Waals surface area contributed by atoms with Gasteiger partial charge in [0.1, 0.15) is 11.6 Å². The van der Waals surface area contributed by atoms with Gasteiger partial charge in [-0.2, -0.15) is 0 Å². The molecule has 0 saturated heterocycles. The Morgan fingerprint density at radius 2 is 2.05 bits per heavy atom. The minimum absolute atomic E-state index is 0.197. The largest absolute Gasteiger partial charge is 0.497 e. The van der Waals surface area contributed by atoms with Crippen LogP contribution in [-0.2, 0) is 4.74 Å². The molecule has 1 aromatic carbocycles. The van der Waals surface area contributed by atoms with E-state index in [-0.39, 0.29) is 24.6 Å². The Balaban J connectivity index is 2.47. The van der Waals surface area contributed by atoms with Crippen LogP contribution in [0, 0.1) is 5.82 Å². The van der Waals surface area contributed by atoms with Gasteiger partial charge in [-0.05, 0) is 32.9 Å². The fourth-order valence-corrected chi connectivity index (χ4v) is 1.40. The summed E-state index contributed by atoms with van der Waals surface area (Å²) in [5.41, 5.74) is -0.00323. The number of hydrogen-bond donors (Lipinski definition) is 2. The van der Waals surface area contributed by atoms with Crippen LogP contribution in [0.1, 0.15) is 20.8 Å². The van der Waals surface area contributed by atoms with Crippen LogP contribution in [0.15, 0.2) is 18.2 Å². The molecule has 0 radical (unpaired) electrons. The highest BCUT2D eigenvalue weighted by molar-refractivity contribution is 5.49. The van der Waals surface area contributed by atoms with Crippen molar-refractivity contribution in [2.45, 2.75) is 32.5 Å². The Bertz CT molecular complexity index is 404. The molecule has 1 unspecified atom stereocenters. The number of benzene rings is 1. The van der Waals surface area contributed by atoms with Crippen LogP contribution in [0.5, 0.6) is 5.75 Å². The lowest BCUT2D eigenvalue weighted by Gasteiger charge is -2.22. The number of nitrogens with one attached hydrogen (secondary N) is 1. The van der Waals surface area contributed by atoms with E-state index in [1.807, 2.05) is 20.8 Å². The van der Waals surface area contributed by atoms with Gasteiger partial charge in [0.2, 0.25) is 0 Å². The number of anilines is 1. The van der Waals surface area contributed by atoms with Crippen molar-refractivity contribution in [3.8, 4) is 5.75 Å². The van der Waals surface area contributed by atoms with Crippen LogP contribution in [0.4, 0.5) is 10.1 Å². The SMILES string of the molecule is COc1ccc(F)c(NCC(O)COC(C)(C)C)c1. The van der Waals surface area contributed by atoms with Gasteiger partial charge < -0.3 is 19.9 Å². The maximum Gasteiger partial charge on any atom is 0.146 e. The topological polar surface area (TPSA) is 50.7 Å². The van der Waals surface area contributed by atoms with Gasteiger partial charge in [0.15, 0.2) is 0 Å². The highest BCUT2D eigenvalue weighted by Crippen LogP contribution is 2.21. The van der Waals surface area contributed by atoms with E-state index in [2.05, 4.69) is 5.32 Å². The second-order valence-corrected chi connectivity index (χ2v) is 5.30. The van der Waals surface area contributed by atoms with E-state index in [0.29, 0.717) is 11.4 Å². The Morgan fingerprint density at radius 3 is 2.63 bits per heavy atom. The predicted octanol–water partition coefficient (Wildman–Crippen LogP) is 2.42. The molecule has 2 N–H and O–H groups in total. The molecule has 5 heteroatoms. The first-order chi connectivity index (χ1) is 8.81. The van der Waals surface area contributed by atoms with Crippen LogP contribution in [0.2, 0.25) is 0 Å². The molecule has 1 rings (SSSR count).